The Labute approximate surface area is 213 Å². The first kappa shape index (κ1) is 23.9. The zero-order valence-electron chi connectivity index (χ0n) is 20.0. The van der Waals surface area contributed by atoms with Crippen LogP contribution >= 0.6 is 0 Å². The number of nitrogens with one attached hydrogen (secondary N) is 1. The number of rotatable bonds is 7. The number of carbonyl (C=O) groups is 2. The molecule has 1 aromatic heterocycles. The number of likely N-dealkylation sites (tertiary alicyclic amines) is 1. The molecular weight excluding hydrogens is 470 g/mol. The average Bonchev–Trinajstić information content (AvgIpc) is 3.60. The van der Waals surface area contributed by atoms with Crippen molar-refractivity contribution in [1.82, 2.24) is 14.7 Å². The maximum atomic E-state index is 13.0. The molecule has 5 rings (SSSR count). The van der Waals surface area contributed by atoms with Crippen molar-refractivity contribution in [2.45, 2.75) is 19.3 Å². The largest absolute Gasteiger partial charge is 0.339 e. The van der Waals surface area contributed by atoms with E-state index < -0.39 is 4.92 Å². The Morgan fingerprint density at radius 1 is 0.919 bits per heavy atom. The fourth-order valence-corrected chi connectivity index (χ4v) is 4.41. The minimum atomic E-state index is -0.454. The molecule has 0 bridgehead atoms. The third-order valence-electron chi connectivity index (χ3n) is 6.32. The number of benzene rings is 3. The number of anilines is 1. The predicted molar refractivity (Wildman–Crippen MR) is 140 cm³/mol. The Hall–Kier alpha value is -4.79. The molecular formula is C28H25N5O4. The van der Waals surface area contributed by atoms with E-state index in [-0.39, 0.29) is 23.9 Å². The first-order valence-corrected chi connectivity index (χ1v) is 12.1. The first-order chi connectivity index (χ1) is 18.0. The van der Waals surface area contributed by atoms with Crippen LogP contribution in [0.1, 0.15) is 28.8 Å². The highest BCUT2D eigenvalue weighted by molar-refractivity contribution is 5.96. The Morgan fingerprint density at radius 3 is 2.24 bits per heavy atom. The molecule has 2 amide bonds. The van der Waals surface area contributed by atoms with Crippen molar-refractivity contribution in [3.63, 3.8) is 0 Å². The van der Waals surface area contributed by atoms with Gasteiger partial charge in [-0.2, -0.15) is 5.10 Å². The van der Waals surface area contributed by atoms with Gasteiger partial charge < -0.3 is 10.2 Å². The van der Waals surface area contributed by atoms with E-state index >= 15 is 0 Å². The summed E-state index contributed by atoms with van der Waals surface area (Å²) in [6.07, 6.45) is 3.91. The summed E-state index contributed by atoms with van der Waals surface area (Å²) in [7, 11) is 0. The summed E-state index contributed by atoms with van der Waals surface area (Å²) < 4.78 is 1.69. The van der Waals surface area contributed by atoms with Crippen molar-refractivity contribution >= 4 is 23.2 Å². The van der Waals surface area contributed by atoms with Crippen LogP contribution in [0.4, 0.5) is 11.4 Å². The van der Waals surface area contributed by atoms with E-state index in [1.807, 2.05) is 35.2 Å². The van der Waals surface area contributed by atoms with E-state index in [1.165, 1.54) is 12.1 Å². The Morgan fingerprint density at radius 2 is 1.59 bits per heavy atom. The number of non-ortho nitro benzene ring substituents is 1. The molecule has 0 atom stereocenters. The molecule has 1 N–H and O–H groups in total. The van der Waals surface area contributed by atoms with Crippen molar-refractivity contribution in [2.75, 3.05) is 18.4 Å². The Kier molecular flexibility index (Phi) is 6.76. The molecule has 4 aromatic rings. The minimum absolute atomic E-state index is 0.0106. The van der Waals surface area contributed by atoms with Gasteiger partial charge in [-0.05, 0) is 61.4 Å². The van der Waals surface area contributed by atoms with E-state index in [4.69, 9.17) is 0 Å². The summed E-state index contributed by atoms with van der Waals surface area (Å²) in [6.45, 7) is 1.57. The molecule has 1 saturated heterocycles. The third kappa shape index (κ3) is 5.40. The van der Waals surface area contributed by atoms with Gasteiger partial charge in [0.25, 0.3) is 11.6 Å². The number of nitro groups is 1. The molecule has 1 aliphatic heterocycles. The molecule has 1 fully saturated rings. The summed E-state index contributed by atoms with van der Waals surface area (Å²) in [6, 6.07) is 22.5. The summed E-state index contributed by atoms with van der Waals surface area (Å²) >= 11 is 0. The monoisotopic (exact) mass is 495 g/mol. The maximum absolute atomic E-state index is 13.0. The van der Waals surface area contributed by atoms with Gasteiger partial charge in [-0.25, -0.2) is 4.68 Å². The highest BCUT2D eigenvalue weighted by Crippen LogP contribution is 2.27. The van der Waals surface area contributed by atoms with Crippen LogP contribution in [-0.2, 0) is 11.2 Å². The van der Waals surface area contributed by atoms with Gasteiger partial charge in [-0.15, -0.1) is 0 Å². The van der Waals surface area contributed by atoms with Crippen LogP contribution in [0.3, 0.4) is 0 Å². The number of aromatic nitrogens is 2. The lowest BCUT2D eigenvalue weighted by atomic mass is 10.1. The number of hydrogen-bond acceptors (Lipinski definition) is 5. The zero-order valence-corrected chi connectivity index (χ0v) is 20.0. The van der Waals surface area contributed by atoms with E-state index in [0.29, 0.717) is 28.1 Å². The molecule has 0 aliphatic carbocycles. The van der Waals surface area contributed by atoms with Crippen molar-refractivity contribution in [3.8, 4) is 16.9 Å². The maximum Gasteiger partial charge on any atom is 0.269 e. The minimum Gasteiger partial charge on any atom is -0.339 e. The van der Waals surface area contributed by atoms with Gasteiger partial charge in [0, 0.05) is 53.8 Å². The molecule has 0 radical (unpaired) electrons. The second-order valence-corrected chi connectivity index (χ2v) is 8.89. The Bertz CT molecular complexity index is 1420. The molecule has 37 heavy (non-hydrogen) atoms. The number of hydrogen-bond donors (Lipinski definition) is 1. The highest BCUT2D eigenvalue weighted by atomic mass is 16.6. The van der Waals surface area contributed by atoms with Gasteiger partial charge >= 0.3 is 0 Å². The summed E-state index contributed by atoms with van der Waals surface area (Å²) in [5.74, 6) is -0.231. The van der Waals surface area contributed by atoms with E-state index in [2.05, 4.69) is 10.4 Å². The molecule has 0 saturated carbocycles. The molecule has 9 nitrogen and oxygen atoms in total. The van der Waals surface area contributed by atoms with E-state index in [0.717, 1.165) is 31.6 Å². The molecule has 2 heterocycles. The number of nitrogens with zero attached hydrogens (tertiary/aromatic N) is 4. The van der Waals surface area contributed by atoms with Crippen LogP contribution in [0.15, 0.2) is 85.1 Å². The van der Waals surface area contributed by atoms with Crippen LogP contribution in [0.5, 0.6) is 0 Å². The normalized spacial score (nSPS) is 12.9. The third-order valence-corrected chi connectivity index (χ3v) is 6.32. The van der Waals surface area contributed by atoms with Crippen molar-refractivity contribution < 1.29 is 14.5 Å². The van der Waals surface area contributed by atoms with Gasteiger partial charge in [0.15, 0.2) is 0 Å². The molecule has 0 spiro atoms. The van der Waals surface area contributed by atoms with Gasteiger partial charge in [0.2, 0.25) is 5.91 Å². The second-order valence-electron chi connectivity index (χ2n) is 8.89. The van der Waals surface area contributed by atoms with Crippen LogP contribution in [0.2, 0.25) is 0 Å². The molecule has 1 aliphatic rings. The smallest absolute Gasteiger partial charge is 0.269 e. The predicted octanol–water partition coefficient (Wildman–Crippen LogP) is 4.86. The SMILES string of the molecule is O=C(Cc1cn(-c2ccccc2)nc1-c1ccc([N+](=O)[O-])cc1)Nc1ccc(C(=O)N2CCCC2)cc1. The summed E-state index contributed by atoms with van der Waals surface area (Å²) in [5, 5.41) is 18.6. The summed E-state index contributed by atoms with van der Waals surface area (Å²) in [5.41, 5.74) is 3.93. The van der Waals surface area contributed by atoms with Crippen molar-refractivity contribution in [1.29, 1.82) is 0 Å². The van der Waals surface area contributed by atoms with Crippen LogP contribution in [0.25, 0.3) is 16.9 Å². The molecule has 9 heteroatoms. The number of para-hydroxylation sites is 1. The van der Waals surface area contributed by atoms with Gasteiger partial charge in [0.1, 0.15) is 0 Å². The lowest BCUT2D eigenvalue weighted by molar-refractivity contribution is -0.384. The van der Waals surface area contributed by atoms with Crippen molar-refractivity contribution in [2.24, 2.45) is 0 Å². The highest BCUT2D eigenvalue weighted by Gasteiger charge is 2.20. The Balaban J connectivity index is 1.35. The fourth-order valence-electron chi connectivity index (χ4n) is 4.41. The summed E-state index contributed by atoms with van der Waals surface area (Å²) in [4.78, 5) is 38.0. The van der Waals surface area contributed by atoms with Crippen LogP contribution in [-0.4, -0.2) is 44.5 Å². The second kappa shape index (κ2) is 10.4. The van der Waals surface area contributed by atoms with Crippen LogP contribution in [0, 0.1) is 10.1 Å². The number of amides is 2. The molecule has 3 aromatic carbocycles. The van der Waals surface area contributed by atoms with E-state index in [1.54, 1.807) is 47.3 Å². The van der Waals surface area contributed by atoms with Crippen LogP contribution < -0.4 is 5.32 Å². The number of carbonyl (C=O) groups excluding carboxylic acids is 2. The van der Waals surface area contributed by atoms with Gasteiger partial charge in [-0.1, -0.05) is 18.2 Å². The van der Waals surface area contributed by atoms with Gasteiger partial charge in [-0.3, -0.25) is 19.7 Å². The van der Waals surface area contributed by atoms with E-state index in [9.17, 15) is 19.7 Å². The quantitative estimate of drug-likeness (QED) is 0.291. The molecule has 0 unspecified atom stereocenters. The number of nitro benzene ring substituents is 1. The standard InChI is InChI=1S/C28H25N5O4/c34-26(29-23-12-8-21(9-13-23)28(35)31-16-4-5-17-31)18-22-19-32(24-6-2-1-3-7-24)30-27(22)20-10-14-25(15-11-20)33(36)37/h1-3,6-15,19H,4-5,16-18H2,(H,29,34). The van der Waals surface area contributed by atoms with Gasteiger partial charge in [0.05, 0.1) is 22.7 Å². The molecule has 186 valence electrons. The lowest BCUT2D eigenvalue weighted by Crippen LogP contribution is -2.27. The lowest BCUT2D eigenvalue weighted by Gasteiger charge is -2.15. The first-order valence-electron chi connectivity index (χ1n) is 12.1. The fraction of sp³-hybridized carbons (Fsp3) is 0.179. The van der Waals surface area contributed by atoms with Crippen molar-refractivity contribution in [3.05, 3.63) is 106 Å². The average molecular weight is 496 g/mol. The zero-order chi connectivity index (χ0) is 25.8. The topological polar surface area (TPSA) is 110 Å².